The topological polar surface area (TPSA) is 66.3 Å². The fourth-order valence-electron chi connectivity index (χ4n) is 2.16. The SMILES string of the molecule is CC(C)c1cc(N2CCSCC2CC(=O)O)ncn1. The van der Waals surface area contributed by atoms with E-state index in [0.29, 0.717) is 5.92 Å². The lowest BCUT2D eigenvalue weighted by atomic mass is 10.1. The van der Waals surface area contributed by atoms with Gasteiger partial charge in [0, 0.05) is 35.9 Å². The molecule has 1 aliphatic heterocycles. The van der Waals surface area contributed by atoms with Crippen LogP contribution >= 0.6 is 11.8 Å². The molecule has 1 N–H and O–H groups in total. The largest absolute Gasteiger partial charge is 0.481 e. The van der Waals surface area contributed by atoms with Crippen LogP contribution in [0.5, 0.6) is 0 Å². The van der Waals surface area contributed by atoms with E-state index in [0.717, 1.165) is 29.6 Å². The van der Waals surface area contributed by atoms with Crippen molar-refractivity contribution in [3.05, 3.63) is 18.1 Å². The van der Waals surface area contributed by atoms with Crippen LogP contribution in [0.4, 0.5) is 5.82 Å². The number of carboxylic acid groups (broad SMARTS) is 1. The maximum atomic E-state index is 11.0. The van der Waals surface area contributed by atoms with E-state index in [-0.39, 0.29) is 12.5 Å². The third-order valence-corrected chi connectivity index (χ3v) is 4.29. The van der Waals surface area contributed by atoms with Crippen LogP contribution in [0.3, 0.4) is 0 Å². The van der Waals surface area contributed by atoms with E-state index in [9.17, 15) is 4.79 Å². The summed E-state index contributed by atoms with van der Waals surface area (Å²) in [6, 6.07) is 2.00. The second-order valence-corrected chi connectivity index (χ2v) is 6.13. The van der Waals surface area contributed by atoms with E-state index < -0.39 is 5.97 Å². The quantitative estimate of drug-likeness (QED) is 0.910. The van der Waals surface area contributed by atoms with Crippen LogP contribution in [0.2, 0.25) is 0 Å². The lowest BCUT2D eigenvalue weighted by Crippen LogP contribution is -2.44. The number of carboxylic acids is 1. The van der Waals surface area contributed by atoms with Gasteiger partial charge in [-0.2, -0.15) is 11.8 Å². The van der Waals surface area contributed by atoms with Crippen molar-refractivity contribution in [2.45, 2.75) is 32.2 Å². The van der Waals surface area contributed by atoms with Crippen LogP contribution in [0.1, 0.15) is 31.9 Å². The molecule has 0 aromatic carbocycles. The second-order valence-electron chi connectivity index (χ2n) is 4.98. The molecule has 2 heterocycles. The molecule has 0 radical (unpaired) electrons. The normalized spacial score (nSPS) is 19.7. The maximum Gasteiger partial charge on any atom is 0.305 e. The Balaban J connectivity index is 2.21. The molecule has 1 aromatic rings. The van der Waals surface area contributed by atoms with E-state index in [4.69, 9.17) is 5.11 Å². The maximum absolute atomic E-state index is 11.0. The van der Waals surface area contributed by atoms with Crippen molar-refractivity contribution in [3.8, 4) is 0 Å². The smallest absolute Gasteiger partial charge is 0.305 e. The van der Waals surface area contributed by atoms with Gasteiger partial charge in [-0.1, -0.05) is 13.8 Å². The first kappa shape index (κ1) is 14.1. The third kappa shape index (κ3) is 3.59. The predicted octanol–water partition coefficient (Wildman–Crippen LogP) is 2.00. The molecule has 104 valence electrons. The third-order valence-electron chi connectivity index (χ3n) is 3.20. The molecule has 0 spiro atoms. The van der Waals surface area contributed by atoms with Crippen molar-refractivity contribution in [2.24, 2.45) is 0 Å². The Labute approximate surface area is 117 Å². The Morgan fingerprint density at radius 1 is 1.58 bits per heavy atom. The zero-order valence-electron chi connectivity index (χ0n) is 11.2. The van der Waals surface area contributed by atoms with Crippen molar-refractivity contribution >= 4 is 23.5 Å². The molecule has 0 bridgehead atoms. The van der Waals surface area contributed by atoms with Crippen molar-refractivity contribution in [2.75, 3.05) is 23.0 Å². The van der Waals surface area contributed by atoms with Crippen molar-refractivity contribution in [1.82, 2.24) is 9.97 Å². The van der Waals surface area contributed by atoms with Gasteiger partial charge in [0.1, 0.15) is 12.1 Å². The highest BCUT2D eigenvalue weighted by Crippen LogP contribution is 2.25. The van der Waals surface area contributed by atoms with E-state index in [1.54, 1.807) is 18.1 Å². The average molecular weight is 281 g/mol. The second kappa shape index (κ2) is 6.23. The Morgan fingerprint density at radius 3 is 3.05 bits per heavy atom. The fraction of sp³-hybridized carbons (Fsp3) is 0.615. The first-order valence-corrected chi connectivity index (χ1v) is 7.61. The van der Waals surface area contributed by atoms with Crippen LogP contribution in [0.15, 0.2) is 12.4 Å². The molecule has 1 aromatic heterocycles. The van der Waals surface area contributed by atoms with Gasteiger partial charge >= 0.3 is 5.97 Å². The van der Waals surface area contributed by atoms with Gasteiger partial charge in [-0.05, 0) is 5.92 Å². The van der Waals surface area contributed by atoms with Crippen molar-refractivity contribution in [3.63, 3.8) is 0 Å². The fourth-order valence-corrected chi connectivity index (χ4v) is 3.22. The van der Waals surface area contributed by atoms with E-state index in [1.807, 2.05) is 6.07 Å². The summed E-state index contributed by atoms with van der Waals surface area (Å²) in [4.78, 5) is 21.6. The molecule has 1 atom stereocenters. The molecular weight excluding hydrogens is 262 g/mol. The van der Waals surface area contributed by atoms with Gasteiger partial charge in [0.15, 0.2) is 0 Å². The number of anilines is 1. The summed E-state index contributed by atoms with van der Waals surface area (Å²) in [7, 11) is 0. The summed E-state index contributed by atoms with van der Waals surface area (Å²) in [6.45, 7) is 5.02. The highest BCUT2D eigenvalue weighted by Gasteiger charge is 2.26. The standard InChI is InChI=1S/C13H19N3O2S/c1-9(2)11-6-12(15-8-14-11)16-3-4-19-7-10(16)5-13(17)18/h6,8-10H,3-5,7H2,1-2H3,(H,17,18). The van der Waals surface area contributed by atoms with Gasteiger partial charge in [0.25, 0.3) is 0 Å². The lowest BCUT2D eigenvalue weighted by Gasteiger charge is -2.35. The Bertz CT molecular complexity index is 453. The molecule has 1 fully saturated rings. The average Bonchev–Trinajstić information content (AvgIpc) is 2.39. The van der Waals surface area contributed by atoms with Gasteiger partial charge < -0.3 is 10.0 Å². The summed E-state index contributed by atoms with van der Waals surface area (Å²) in [5.74, 6) is 2.30. The number of hydrogen-bond donors (Lipinski definition) is 1. The van der Waals surface area contributed by atoms with Crippen LogP contribution < -0.4 is 4.90 Å². The number of rotatable bonds is 4. The highest BCUT2D eigenvalue weighted by molar-refractivity contribution is 7.99. The van der Waals surface area contributed by atoms with Crippen molar-refractivity contribution in [1.29, 1.82) is 0 Å². The highest BCUT2D eigenvalue weighted by atomic mass is 32.2. The van der Waals surface area contributed by atoms with Gasteiger partial charge in [-0.15, -0.1) is 0 Å². The first-order chi connectivity index (χ1) is 9.08. The molecule has 5 nitrogen and oxygen atoms in total. The summed E-state index contributed by atoms with van der Waals surface area (Å²) in [6.07, 6.45) is 1.73. The van der Waals surface area contributed by atoms with E-state index >= 15 is 0 Å². The number of aromatic nitrogens is 2. The van der Waals surface area contributed by atoms with Crippen LogP contribution in [-0.2, 0) is 4.79 Å². The minimum absolute atomic E-state index is 0.0196. The molecule has 6 heteroatoms. The summed E-state index contributed by atoms with van der Waals surface area (Å²) >= 11 is 1.81. The van der Waals surface area contributed by atoms with E-state index in [1.165, 1.54) is 0 Å². The van der Waals surface area contributed by atoms with Gasteiger partial charge in [-0.3, -0.25) is 4.79 Å². The number of nitrogens with zero attached hydrogens (tertiary/aromatic N) is 3. The summed E-state index contributed by atoms with van der Waals surface area (Å²) < 4.78 is 0. The molecule has 0 aliphatic carbocycles. The van der Waals surface area contributed by atoms with Gasteiger partial charge in [-0.25, -0.2) is 9.97 Å². The lowest BCUT2D eigenvalue weighted by molar-refractivity contribution is -0.137. The molecule has 2 rings (SSSR count). The molecule has 19 heavy (non-hydrogen) atoms. The number of hydrogen-bond acceptors (Lipinski definition) is 5. The van der Waals surface area contributed by atoms with E-state index in [2.05, 4.69) is 28.7 Å². The molecular formula is C13H19N3O2S. The Hall–Kier alpha value is -1.30. The van der Waals surface area contributed by atoms with Gasteiger partial charge in [0.05, 0.1) is 6.42 Å². The zero-order valence-corrected chi connectivity index (χ0v) is 12.1. The Morgan fingerprint density at radius 2 is 2.37 bits per heavy atom. The van der Waals surface area contributed by atoms with Crippen LogP contribution in [-0.4, -0.2) is 45.1 Å². The first-order valence-electron chi connectivity index (χ1n) is 6.46. The minimum atomic E-state index is -0.754. The van der Waals surface area contributed by atoms with Crippen LogP contribution in [0.25, 0.3) is 0 Å². The Kier molecular flexibility index (Phi) is 4.63. The zero-order chi connectivity index (χ0) is 13.8. The minimum Gasteiger partial charge on any atom is -0.481 e. The summed E-state index contributed by atoms with van der Waals surface area (Å²) in [5, 5.41) is 9.00. The number of aliphatic carboxylic acids is 1. The summed E-state index contributed by atoms with van der Waals surface area (Å²) in [5.41, 5.74) is 0.998. The van der Waals surface area contributed by atoms with Crippen molar-refractivity contribution < 1.29 is 9.90 Å². The molecule has 1 aliphatic rings. The molecule has 1 saturated heterocycles. The number of thioether (sulfide) groups is 1. The molecule has 1 unspecified atom stereocenters. The number of carbonyl (C=O) groups is 1. The predicted molar refractivity (Wildman–Crippen MR) is 76.8 cm³/mol. The molecule has 0 amide bonds. The monoisotopic (exact) mass is 281 g/mol. The van der Waals surface area contributed by atoms with Gasteiger partial charge in [0.2, 0.25) is 0 Å². The van der Waals surface area contributed by atoms with Crippen LogP contribution in [0, 0.1) is 0 Å². The molecule has 0 saturated carbocycles.